The summed E-state index contributed by atoms with van der Waals surface area (Å²) in [7, 11) is 0. The van der Waals surface area contributed by atoms with E-state index in [1.807, 2.05) is 30.4 Å². The number of likely N-dealkylation sites (tertiary alicyclic amines) is 1. The van der Waals surface area contributed by atoms with E-state index >= 15 is 0 Å². The van der Waals surface area contributed by atoms with E-state index in [9.17, 15) is 4.79 Å². The largest absolute Gasteiger partial charge is 0.310 e. The molecule has 1 aliphatic rings. The second-order valence-electron chi connectivity index (χ2n) is 6.16. The van der Waals surface area contributed by atoms with Gasteiger partial charge in [-0.3, -0.25) is 4.79 Å². The highest BCUT2D eigenvalue weighted by molar-refractivity contribution is 7.09. The minimum Gasteiger partial charge on any atom is -0.310 e. The Labute approximate surface area is 141 Å². The van der Waals surface area contributed by atoms with Crippen LogP contribution in [0.2, 0.25) is 0 Å². The van der Waals surface area contributed by atoms with Crippen molar-refractivity contribution in [3.05, 3.63) is 46.3 Å². The summed E-state index contributed by atoms with van der Waals surface area (Å²) in [5.41, 5.74) is 1.10. The summed E-state index contributed by atoms with van der Waals surface area (Å²) in [5.74, 6) is 0.871. The van der Waals surface area contributed by atoms with Crippen LogP contribution < -0.4 is 5.32 Å². The van der Waals surface area contributed by atoms with Gasteiger partial charge in [0.05, 0.1) is 0 Å². The first-order valence-electron chi connectivity index (χ1n) is 8.19. The summed E-state index contributed by atoms with van der Waals surface area (Å²) < 4.78 is 0. The van der Waals surface area contributed by atoms with Gasteiger partial charge in [-0.05, 0) is 62.4 Å². The molecule has 2 aromatic heterocycles. The highest BCUT2D eigenvalue weighted by Crippen LogP contribution is 2.20. The Morgan fingerprint density at radius 3 is 2.83 bits per heavy atom. The number of anilines is 1. The van der Waals surface area contributed by atoms with E-state index < -0.39 is 0 Å². The molecule has 1 fully saturated rings. The fourth-order valence-electron chi connectivity index (χ4n) is 2.91. The predicted octanol–water partition coefficient (Wildman–Crippen LogP) is 3.34. The van der Waals surface area contributed by atoms with Crippen LogP contribution in [0.5, 0.6) is 0 Å². The van der Waals surface area contributed by atoms with Gasteiger partial charge in [0.2, 0.25) is 5.91 Å². The van der Waals surface area contributed by atoms with Crippen molar-refractivity contribution >= 4 is 23.1 Å². The van der Waals surface area contributed by atoms with Gasteiger partial charge in [0.25, 0.3) is 0 Å². The average molecular weight is 329 g/mol. The summed E-state index contributed by atoms with van der Waals surface area (Å²) >= 11 is 1.82. The van der Waals surface area contributed by atoms with Crippen molar-refractivity contribution < 1.29 is 4.79 Å². The molecule has 0 radical (unpaired) electrons. The maximum Gasteiger partial charge on any atom is 0.228 e. The lowest BCUT2D eigenvalue weighted by molar-refractivity contribution is -0.121. The molecule has 23 heavy (non-hydrogen) atoms. The second-order valence-corrected chi connectivity index (χ2v) is 7.19. The SMILES string of the molecule is Cc1ccc(NC(=O)C2CCN(CCc3cccs3)CC2)nc1. The molecule has 1 amide bonds. The van der Waals surface area contributed by atoms with E-state index in [1.165, 1.54) is 4.88 Å². The lowest BCUT2D eigenvalue weighted by Gasteiger charge is -2.31. The van der Waals surface area contributed by atoms with Crippen molar-refractivity contribution in [1.29, 1.82) is 0 Å². The molecule has 3 rings (SSSR count). The average Bonchev–Trinajstić information content (AvgIpc) is 3.09. The minimum atomic E-state index is 0.107. The standard InChI is InChI=1S/C18H23N3OS/c1-14-4-5-17(19-13-14)20-18(22)15-6-9-21(10-7-15)11-8-16-3-2-12-23-16/h2-5,12-13,15H,6-11H2,1H3,(H,19,20,22). The zero-order valence-corrected chi connectivity index (χ0v) is 14.3. The molecule has 1 saturated heterocycles. The van der Waals surface area contributed by atoms with Crippen LogP contribution >= 0.6 is 11.3 Å². The fraction of sp³-hybridized carbons (Fsp3) is 0.444. The van der Waals surface area contributed by atoms with Crippen LogP contribution in [0.4, 0.5) is 5.82 Å². The second kappa shape index (κ2) is 7.70. The molecule has 0 aliphatic carbocycles. The van der Waals surface area contributed by atoms with Crippen molar-refractivity contribution in [2.75, 3.05) is 25.0 Å². The highest BCUT2D eigenvalue weighted by Gasteiger charge is 2.25. The molecular weight excluding hydrogens is 306 g/mol. The van der Waals surface area contributed by atoms with Crippen molar-refractivity contribution in [2.45, 2.75) is 26.2 Å². The molecule has 0 aromatic carbocycles. The third-order valence-electron chi connectivity index (χ3n) is 4.38. The maximum atomic E-state index is 12.3. The Hall–Kier alpha value is -1.72. The van der Waals surface area contributed by atoms with Crippen LogP contribution in [0, 0.1) is 12.8 Å². The molecule has 1 N–H and O–H groups in total. The summed E-state index contributed by atoms with van der Waals surface area (Å²) in [5, 5.41) is 5.07. The van der Waals surface area contributed by atoms with Crippen molar-refractivity contribution in [1.82, 2.24) is 9.88 Å². The van der Waals surface area contributed by atoms with Crippen LogP contribution in [0.15, 0.2) is 35.8 Å². The van der Waals surface area contributed by atoms with E-state index in [4.69, 9.17) is 0 Å². The molecule has 5 heteroatoms. The molecule has 0 unspecified atom stereocenters. The molecule has 1 aliphatic heterocycles. The van der Waals surface area contributed by atoms with Crippen LogP contribution in [-0.4, -0.2) is 35.4 Å². The predicted molar refractivity (Wildman–Crippen MR) is 94.8 cm³/mol. The number of hydrogen-bond donors (Lipinski definition) is 1. The van der Waals surface area contributed by atoms with Crippen molar-refractivity contribution in [2.24, 2.45) is 5.92 Å². The molecule has 0 atom stereocenters. The Morgan fingerprint density at radius 2 is 2.17 bits per heavy atom. The number of carbonyl (C=O) groups excluding carboxylic acids is 1. The normalized spacial score (nSPS) is 16.4. The highest BCUT2D eigenvalue weighted by atomic mass is 32.1. The topological polar surface area (TPSA) is 45.2 Å². The Bertz CT molecular complexity index is 616. The number of piperidine rings is 1. The number of aryl methyl sites for hydroxylation is 1. The molecule has 4 nitrogen and oxygen atoms in total. The zero-order chi connectivity index (χ0) is 16.1. The van der Waals surface area contributed by atoms with E-state index in [2.05, 4.69) is 32.7 Å². The smallest absolute Gasteiger partial charge is 0.228 e. The number of thiophene rings is 1. The van der Waals surface area contributed by atoms with Crippen molar-refractivity contribution in [3.63, 3.8) is 0 Å². The van der Waals surface area contributed by atoms with E-state index in [0.29, 0.717) is 5.82 Å². The number of rotatable bonds is 5. The minimum absolute atomic E-state index is 0.107. The molecule has 2 aromatic rings. The number of hydrogen-bond acceptors (Lipinski definition) is 4. The fourth-order valence-corrected chi connectivity index (χ4v) is 3.61. The van der Waals surface area contributed by atoms with E-state index in [1.54, 1.807) is 6.20 Å². The summed E-state index contributed by atoms with van der Waals surface area (Å²) in [6, 6.07) is 8.13. The molecule has 0 saturated carbocycles. The molecule has 0 spiro atoms. The third-order valence-corrected chi connectivity index (χ3v) is 5.31. The van der Waals surface area contributed by atoms with E-state index in [-0.39, 0.29) is 11.8 Å². The van der Waals surface area contributed by atoms with Crippen LogP contribution in [-0.2, 0) is 11.2 Å². The number of carbonyl (C=O) groups is 1. The first-order valence-corrected chi connectivity index (χ1v) is 9.07. The summed E-state index contributed by atoms with van der Waals surface area (Å²) in [6.07, 6.45) is 4.76. The van der Waals surface area contributed by atoms with Gasteiger partial charge >= 0.3 is 0 Å². The lowest BCUT2D eigenvalue weighted by Crippen LogP contribution is -2.39. The Morgan fingerprint density at radius 1 is 1.35 bits per heavy atom. The Kier molecular flexibility index (Phi) is 5.41. The number of nitrogens with zero attached hydrogens (tertiary/aromatic N) is 2. The van der Waals surface area contributed by atoms with E-state index in [0.717, 1.165) is 44.5 Å². The summed E-state index contributed by atoms with van der Waals surface area (Å²) in [6.45, 7) is 5.09. The van der Waals surface area contributed by atoms with Gasteiger partial charge in [0.15, 0.2) is 0 Å². The van der Waals surface area contributed by atoms with Crippen LogP contribution in [0.3, 0.4) is 0 Å². The lowest BCUT2D eigenvalue weighted by atomic mass is 9.96. The zero-order valence-electron chi connectivity index (χ0n) is 13.5. The van der Waals surface area contributed by atoms with Gasteiger partial charge in [-0.2, -0.15) is 0 Å². The third kappa shape index (κ3) is 4.62. The van der Waals surface area contributed by atoms with Crippen LogP contribution in [0.1, 0.15) is 23.3 Å². The summed E-state index contributed by atoms with van der Waals surface area (Å²) in [4.78, 5) is 20.5. The maximum absolute atomic E-state index is 12.3. The number of aromatic nitrogens is 1. The molecule has 122 valence electrons. The van der Waals surface area contributed by atoms with Gasteiger partial charge in [-0.25, -0.2) is 4.98 Å². The molecular formula is C18H23N3OS. The first kappa shape index (κ1) is 16.1. The number of pyridine rings is 1. The monoisotopic (exact) mass is 329 g/mol. The number of amides is 1. The van der Waals surface area contributed by atoms with Crippen LogP contribution in [0.25, 0.3) is 0 Å². The van der Waals surface area contributed by atoms with Gasteiger partial charge in [0.1, 0.15) is 5.82 Å². The number of nitrogens with one attached hydrogen (secondary N) is 1. The van der Waals surface area contributed by atoms with Gasteiger partial charge in [-0.1, -0.05) is 12.1 Å². The Balaban J connectivity index is 1.42. The molecule has 0 bridgehead atoms. The quantitative estimate of drug-likeness (QED) is 0.915. The first-order chi connectivity index (χ1) is 11.2. The van der Waals surface area contributed by atoms with Gasteiger partial charge in [-0.15, -0.1) is 11.3 Å². The van der Waals surface area contributed by atoms with Gasteiger partial charge in [0, 0.05) is 23.5 Å². The molecule has 3 heterocycles. The van der Waals surface area contributed by atoms with Gasteiger partial charge < -0.3 is 10.2 Å². The van der Waals surface area contributed by atoms with Crippen molar-refractivity contribution in [3.8, 4) is 0 Å².